The highest BCUT2D eigenvalue weighted by molar-refractivity contribution is 7.86. The molecule has 1 heterocycles. The van der Waals surface area contributed by atoms with Crippen molar-refractivity contribution in [3.8, 4) is 5.75 Å². The predicted octanol–water partition coefficient (Wildman–Crippen LogP) is 1.10. The van der Waals surface area contributed by atoms with E-state index in [1.807, 2.05) is 0 Å². The molecule has 1 aliphatic rings. The Bertz CT molecular complexity index is 417. The van der Waals surface area contributed by atoms with E-state index in [0.717, 1.165) is 18.4 Å². The van der Waals surface area contributed by atoms with Crippen LogP contribution in [0.2, 0.25) is 0 Å². The molecule has 0 aromatic heterocycles. The summed E-state index contributed by atoms with van der Waals surface area (Å²) >= 11 is 0. The van der Waals surface area contributed by atoms with E-state index in [-0.39, 0.29) is 6.10 Å². The van der Waals surface area contributed by atoms with Crippen molar-refractivity contribution in [2.75, 3.05) is 12.9 Å². The second-order valence-electron chi connectivity index (χ2n) is 3.18. The number of hydrogen-bond acceptors (Lipinski definition) is 4. The van der Waals surface area contributed by atoms with Gasteiger partial charge in [-0.25, -0.2) is 0 Å². The topological polar surface area (TPSA) is 55.9 Å². The Morgan fingerprint density at radius 2 is 1.93 bits per heavy atom. The maximum atomic E-state index is 10.8. The van der Waals surface area contributed by atoms with Gasteiger partial charge in [0.15, 0.2) is 0 Å². The molecular formula is C9H10O4S. The number of epoxide rings is 1. The zero-order valence-corrected chi connectivity index (χ0v) is 8.45. The number of hydrogen-bond donors (Lipinski definition) is 0. The molecule has 1 unspecified atom stereocenters. The second-order valence-corrected chi connectivity index (χ2v) is 4.75. The van der Waals surface area contributed by atoms with Crippen molar-refractivity contribution in [2.45, 2.75) is 6.10 Å². The summed E-state index contributed by atoms with van der Waals surface area (Å²) in [7, 11) is -3.43. The highest BCUT2D eigenvalue weighted by Gasteiger charge is 2.24. The van der Waals surface area contributed by atoms with Gasteiger partial charge in [-0.05, 0) is 17.7 Å². The fourth-order valence-electron chi connectivity index (χ4n) is 1.15. The Balaban J connectivity index is 2.13. The van der Waals surface area contributed by atoms with Crippen LogP contribution in [0.4, 0.5) is 0 Å². The first kappa shape index (κ1) is 9.48. The van der Waals surface area contributed by atoms with E-state index in [1.54, 1.807) is 24.3 Å². The van der Waals surface area contributed by atoms with Crippen molar-refractivity contribution < 1.29 is 17.3 Å². The van der Waals surface area contributed by atoms with Crippen LogP contribution in [0.3, 0.4) is 0 Å². The van der Waals surface area contributed by atoms with Crippen molar-refractivity contribution in [2.24, 2.45) is 0 Å². The molecule has 1 aliphatic heterocycles. The Kier molecular flexibility index (Phi) is 2.20. The van der Waals surface area contributed by atoms with Crippen molar-refractivity contribution in [1.82, 2.24) is 0 Å². The second kappa shape index (κ2) is 3.25. The fraction of sp³-hybridized carbons (Fsp3) is 0.333. The van der Waals surface area contributed by atoms with Gasteiger partial charge in [-0.15, -0.1) is 0 Å². The average molecular weight is 214 g/mol. The van der Waals surface area contributed by atoms with Gasteiger partial charge in [0, 0.05) is 0 Å². The van der Waals surface area contributed by atoms with Gasteiger partial charge < -0.3 is 8.92 Å². The van der Waals surface area contributed by atoms with E-state index in [4.69, 9.17) is 4.74 Å². The van der Waals surface area contributed by atoms with E-state index in [2.05, 4.69) is 4.18 Å². The third kappa shape index (κ3) is 2.46. The molecule has 0 saturated carbocycles. The van der Waals surface area contributed by atoms with Crippen LogP contribution in [-0.4, -0.2) is 21.3 Å². The summed E-state index contributed by atoms with van der Waals surface area (Å²) in [6.45, 7) is 0.742. The lowest BCUT2D eigenvalue weighted by atomic mass is 10.2. The van der Waals surface area contributed by atoms with Gasteiger partial charge in [0.1, 0.15) is 11.9 Å². The molecule has 4 nitrogen and oxygen atoms in total. The molecule has 1 aromatic carbocycles. The van der Waals surface area contributed by atoms with Crippen LogP contribution >= 0.6 is 0 Å². The van der Waals surface area contributed by atoms with Gasteiger partial charge in [0.05, 0.1) is 12.9 Å². The standard InChI is InChI=1S/C9H10O4S/c1-14(10,11)13-8-4-2-7(3-5-8)9-6-12-9/h2-5,9H,6H2,1H3. The molecule has 0 aliphatic carbocycles. The third-order valence-electron chi connectivity index (χ3n) is 1.83. The molecule has 76 valence electrons. The fourth-order valence-corrected chi connectivity index (χ4v) is 1.61. The van der Waals surface area contributed by atoms with Gasteiger partial charge in [-0.2, -0.15) is 8.42 Å². The van der Waals surface area contributed by atoms with Crippen LogP contribution in [-0.2, 0) is 14.9 Å². The van der Waals surface area contributed by atoms with E-state index in [0.29, 0.717) is 5.75 Å². The number of benzene rings is 1. The molecule has 1 fully saturated rings. The number of ether oxygens (including phenoxy) is 1. The zero-order valence-electron chi connectivity index (χ0n) is 7.64. The van der Waals surface area contributed by atoms with Gasteiger partial charge in [0.2, 0.25) is 0 Å². The molecule has 2 rings (SSSR count). The maximum Gasteiger partial charge on any atom is 0.306 e. The normalized spacial score (nSPS) is 20.5. The molecule has 0 radical (unpaired) electrons. The molecule has 0 amide bonds. The van der Waals surface area contributed by atoms with Gasteiger partial charge >= 0.3 is 10.1 Å². The molecule has 0 spiro atoms. The Morgan fingerprint density at radius 1 is 1.36 bits per heavy atom. The quantitative estimate of drug-likeness (QED) is 0.558. The summed E-state index contributed by atoms with van der Waals surface area (Å²) in [4.78, 5) is 0. The Hall–Kier alpha value is -1.07. The molecular weight excluding hydrogens is 204 g/mol. The van der Waals surface area contributed by atoms with Crippen LogP contribution in [0.25, 0.3) is 0 Å². The van der Waals surface area contributed by atoms with Crippen molar-refractivity contribution >= 4 is 10.1 Å². The number of rotatable bonds is 3. The first-order chi connectivity index (χ1) is 6.54. The molecule has 1 aromatic rings. The van der Waals surface area contributed by atoms with Crippen molar-refractivity contribution in [3.05, 3.63) is 29.8 Å². The van der Waals surface area contributed by atoms with E-state index >= 15 is 0 Å². The highest BCUT2D eigenvalue weighted by atomic mass is 32.2. The van der Waals surface area contributed by atoms with Gasteiger partial charge in [-0.1, -0.05) is 12.1 Å². The molecule has 0 bridgehead atoms. The molecule has 5 heteroatoms. The van der Waals surface area contributed by atoms with Crippen molar-refractivity contribution in [3.63, 3.8) is 0 Å². The lowest BCUT2D eigenvalue weighted by Gasteiger charge is -2.02. The molecule has 14 heavy (non-hydrogen) atoms. The largest absolute Gasteiger partial charge is 0.383 e. The summed E-state index contributed by atoms with van der Waals surface area (Å²) in [6.07, 6.45) is 1.20. The lowest BCUT2D eigenvalue weighted by molar-refractivity contribution is 0.415. The van der Waals surface area contributed by atoms with Crippen LogP contribution in [0.15, 0.2) is 24.3 Å². The average Bonchev–Trinajstić information content (AvgIpc) is 2.85. The summed E-state index contributed by atoms with van der Waals surface area (Å²) in [6, 6.07) is 6.85. The minimum absolute atomic E-state index is 0.183. The van der Waals surface area contributed by atoms with Crippen LogP contribution < -0.4 is 4.18 Å². The van der Waals surface area contributed by atoms with E-state index in [9.17, 15) is 8.42 Å². The molecule has 1 atom stereocenters. The van der Waals surface area contributed by atoms with E-state index in [1.165, 1.54) is 0 Å². The van der Waals surface area contributed by atoms with Gasteiger partial charge in [0.25, 0.3) is 0 Å². The van der Waals surface area contributed by atoms with Crippen LogP contribution in [0, 0.1) is 0 Å². The lowest BCUT2D eigenvalue weighted by Crippen LogP contribution is -2.05. The summed E-state index contributed by atoms with van der Waals surface area (Å²) in [5.41, 5.74) is 1.05. The summed E-state index contributed by atoms with van der Waals surface area (Å²) in [5.74, 6) is 0.330. The monoisotopic (exact) mass is 214 g/mol. The zero-order chi connectivity index (χ0) is 10.2. The Labute approximate surface area is 82.6 Å². The first-order valence-corrected chi connectivity index (χ1v) is 5.97. The summed E-state index contributed by atoms with van der Waals surface area (Å²) in [5, 5.41) is 0. The predicted molar refractivity (Wildman–Crippen MR) is 50.6 cm³/mol. The first-order valence-electron chi connectivity index (χ1n) is 4.16. The summed E-state index contributed by atoms with van der Waals surface area (Å²) < 4.78 is 31.3. The van der Waals surface area contributed by atoms with E-state index < -0.39 is 10.1 Å². The van der Waals surface area contributed by atoms with Crippen LogP contribution in [0.5, 0.6) is 5.75 Å². The molecule has 1 saturated heterocycles. The van der Waals surface area contributed by atoms with Gasteiger partial charge in [-0.3, -0.25) is 0 Å². The maximum absolute atomic E-state index is 10.8. The minimum atomic E-state index is -3.43. The molecule has 0 N–H and O–H groups in total. The smallest absolute Gasteiger partial charge is 0.306 e. The third-order valence-corrected chi connectivity index (χ3v) is 2.33. The highest BCUT2D eigenvalue weighted by Crippen LogP contribution is 2.30. The minimum Gasteiger partial charge on any atom is -0.383 e. The van der Waals surface area contributed by atoms with Crippen LogP contribution in [0.1, 0.15) is 11.7 Å². The van der Waals surface area contributed by atoms with Crippen molar-refractivity contribution in [1.29, 1.82) is 0 Å². The SMILES string of the molecule is CS(=O)(=O)Oc1ccc(C2CO2)cc1. The Morgan fingerprint density at radius 3 is 2.36 bits per heavy atom.